The molecule has 13 heavy (non-hydrogen) atoms. The Labute approximate surface area is 91.3 Å². The lowest BCUT2D eigenvalue weighted by Gasteiger charge is -2.02. The van der Waals surface area contributed by atoms with Crippen molar-refractivity contribution in [1.29, 1.82) is 0 Å². The van der Waals surface area contributed by atoms with E-state index < -0.39 is 0 Å². The van der Waals surface area contributed by atoms with Crippen LogP contribution in [-0.4, -0.2) is 5.78 Å². The first-order valence-corrected chi connectivity index (χ1v) is 6.04. The fraction of sp³-hybridized carbons (Fsp3) is 0.500. The third-order valence-corrected chi connectivity index (χ3v) is 3.70. The van der Waals surface area contributed by atoms with Crippen LogP contribution in [0.5, 0.6) is 0 Å². The summed E-state index contributed by atoms with van der Waals surface area (Å²) >= 11 is 4.88. The van der Waals surface area contributed by atoms with E-state index in [1.807, 2.05) is 11.4 Å². The van der Waals surface area contributed by atoms with Gasteiger partial charge in [0.1, 0.15) is 0 Å². The molecule has 0 spiro atoms. The molecule has 1 heterocycles. The smallest absolute Gasteiger partial charge is 0.173 e. The van der Waals surface area contributed by atoms with E-state index in [9.17, 15) is 4.79 Å². The van der Waals surface area contributed by atoms with Crippen molar-refractivity contribution in [1.82, 2.24) is 0 Å². The number of halogens is 1. The van der Waals surface area contributed by atoms with E-state index in [0.29, 0.717) is 12.3 Å². The van der Waals surface area contributed by atoms with E-state index >= 15 is 0 Å². The van der Waals surface area contributed by atoms with E-state index in [0.717, 1.165) is 15.8 Å². The standard InChI is InChI=1S/C10H13BrOS/c1-7(2)3-4-9(12)10-8(11)5-6-13-10/h5-7H,3-4H2,1-2H3. The van der Waals surface area contributed by atoms with Crippen LogP contribution in [0.4, 0.5) is 0 Å². The molecule has 3 heteroatoms. The summed E-state index contributed by atoms with van der Waals surface area (Å²) < 4.78 is 0.936. The highest BCUT2D eigenvalue weighted by Crippen LogP contribution is 2.24. The number of hydrogen-bond donors (Lipinski definition) is 0. The minimum Gasteiger partial charge on any atom is -0.293 e. The number of Topliss-reactive ketones (excluding diaryl/α,β-unsaturated/α-hetero) is 1. The van der Waals surface area contributed by atoms with Gasteiger partial charge in [-0.2, -0.15) is 0 Å². The number of ketones is 1. The maximum Gasteiger partial charge on any atom is 0.173 e. The Morgan fingerprint density at radius 2 is 2.31 bits per heavy atom. The quantitative estimate of drug-likeness (QED) is 0.745. The van der Waals surface area contributed by atoms with E-state index in [-0.39, 0.29) is 5.78 Å². The van der Waals surface area contributed by atoms with Crippen LogP contribution in [-0.2, 0) is 0 Å². The summed E-state index contributed by atoms with van der Waals surface area (Å²) in [4.78, 5) is 12.5. The molecule has 0 N–H and O–H groups in total. The summed E-state index contributed by atoms with van der Waals surface area (Å²) in [6.45, 7) is 4.27. The molecule has 0 atom stereocenters. The van der Waals surface area contributed by atoms with Gasteiger partial charge in [0, 0.05) is 10.9 Å². The molecule has 0 bridgehead atoms. The second kappa shape index (κ2) is 4.91. The average Bonchev–Trinajstić information content (AvgIpc) is 2.47. The Kier molecular flexibility index (Phi) is 4.13. The number of carbonyl (C=O) groups excluding carboxylic acids is 1. The zero-order chi connectivity index (χ0) is 9.84. The maximum absolute atomic E-state index is 11.6. The predicted molar refractivity (Wildman–Crippen MR) is 60.4 cm³/mol. The normalized spacial score (nSPS) is 10.8. The van der Waals surface area contributed by atoms with Crippen LogP contribution in [0.25, 0.3) is 0 Å². The summed E-state index contributed by atoms with van der Waals surface area (Å²) in [5.41, 5.74) is 0. The lowest BCUT2D eigenvalue weighted by molar-refractivity contribution is 0.0978. The first-order chi connectivity index (χ1) is 6.11. The van der Waals surface area contributed by atoms with Crippen LogP contribution >= 0.6 is 27.3 Å². The summed E-state index contributed by atoms with van der Waals surface area (Å²) in [6, 6.07) is 1.92. The monoisotopic (exact) mass is 260 g/mol. The molecule has 72 valence electrons. The van der Waals surface area contributed by atoms with Gasteiger partial charge in [0.05, 0.1) is 4.88 Å². The number of hydrogen-bond acceptors (Lipinski definition) is 2. The SMILES string of the molecule is CC(C)CCC(=O)c1sccc1Br. The Morgan fingerprint density at radius 3 is 2.77 bits per heavy atom. The van der Waals surface area contributed by atoms with Crippen molar-refractivity contribution >= 4 is 33.0 Å². The van der Waals surface area contributed by atoms with Crippen molar-refractivity contribution < 1.29 is 4.79 Å². The van der Waals surface area contributed by atoms with Gasteiger partial charge in [0.25, 0.3) is 0 Å². The number of carbonyl (C=O) groups is 1. The van der Waals surface area contributed by atoms with Gasteiger partial charge in [0.2, 0.25) is 0 Å². The highest BCUT2D eigenvalue weighted by atomic mass is 79.9. The molecule has 1 rings (SSSR count). The van der Waals surface area contributed by atoms with Crippen LogP contribution in [0.1, 0.15) is 36.4 Å². The van der Waals surface area contributed by atoms with Crippen molar-refractivity contribution in [3.63, 3.8) is 0 Å². The minimum absolute atomic E-state index is 0.260. The van der Waals surface area contributed by atoms with E-state index in [1.165, 1.54) is 11.3 Å². The fourth-order valence-electron chi connectivity index (χ4n) is 1.03. The molecule has 0 aliphatic carbocycles. The van der Waals surface area contributed by atoms with Gasteiger partial charge in [-0.25, -0.2) is 0 Å². The summed E-state index contributed by atoms with van der Waals surface area (Å²) in [7, 11) is 0. The van der Waals surface area contributed by atoms with E-state index in [1.54, 1.807) is 0 Å². The number of thiophene rings is 1. The third-order valence-electron chi connectivity index (χ3n) is 1.82. The van der Waals surface area contributed by atoms with Gasteiger partial charge in [-0.1, -0.05) is 13.8 Å². The Bertz CT molecular complexity index is 291. The van der Waals surface area contributed by atoms with Crippen molar-refractivity contribution in [3.8, 4) is 0 Å². The molecule has 0 fully saturated rings. The summed E-state index contributed by atoms with van der Waals surface area (Å²) in [6.07, 6.45) is 1.64. The third kappa shape index (κ3) is 3.24. The molecule has 0 aliphatic heterocycles. The topological polar surface area (TPSA) is 17.1 Å². The summed E-state index contributed by atoms with van der Waals surface area (Å²) in [5.74, 6) is 0.860. The van der Waals surface area contributed by atoms with Crippen LogP contribution in [0.3, 0.4) is 0 Å². The average molecular weight is 261 g/mol. The lowest BCUT2D eigenvalue weighted by atomic mass is 10.1. The zero-order valence-electron chi connectivity index (χ0n) is 7.84. The molecule has 0 unspecified atom stereocenters. The molecule has 0 amide bonds. The Balaban J connectivity index is 2.54. The molecular weight excluding hydrogens is 248 g/mol. The van der Waals surface area contributed by atoms with Gasteiger partial charge >= 0.3 is 0 Å². The molecule has 0 aromatic carbocycles. The Morgan fingerprint density at radius 1 is 1.62 bits per heavy atom. The molecule has 1 aromatic rings. The molecule has 0 radical (unpaired) electrons. The summed E-state index contributed by atoms with van der Waals surface area (Å²) in [5, 5.41) is 1.94. The Hall–Kier alpha value is -0.150. The van der Waals surface area contributed by atoms with Gasteiger partial charge < -0.3 is 0 Å². The first kappa shape index (κ1) is 10.9. The highest BCUT2D eigenvalue weighted by Gasteiger charge is 2.11. The zero-order valence-corrected chi connectivity index (χ0v) is 10.2. The largest absolute Gasteiger partial charge is 0.293 e. The van der Waals surface area contributed by atoms with Crippen LogP contribution in [0, 0.1) is 5.92 Å². The first-order valence-electron chi connectivity index (χ1n) is 4.37. The molecular formula is C10H13BrOS. The van der Waals surface area contributed by atoms with Crippen LogP contribution < -0.4 is 0 Å². The highest BCUT2D eigenvalue weighted by molar-refractivity contribution is 9.10. The predicted octanol–water partition coefficient (Wildman–Crippen LogP) is 4.13. The van der Waals surface area contributed by atoms with E-state index in [4.69, 9.17) is 0 Å². The van der Waals surface area contributed by atoms with Crippen LogP contribution in [0.2, 0.25) is 0 Å². The molecule has 0 aliphatic rings. The van der Waals surface area contributed by atoms with Crippen molar-refractivity contribution in [2.45, 2.75) is 26.7 Å². The minimum atomic E-state index is 0.260. The van der Waals surface area contributed by atoms with Gasteiger partial charge in [0.15, 0.2) is 5.78 Å². The van der Waals surface area contributed by atoms with Crippen LogP contribution in [0.15, 0.2) is 15.9 Å². The van der Waals surface area contributed by atoms with Crippen molar-refractivity contribution in [2.75, 3.05) is 0 Å². The molecule has 0 saturated heterocycles. The maximum atomic E-state index is 11.6. The molecule has 0 saturated carbocycles. The van der Waals surface area contributed by atoms with Crippen molar-refractivity contribution in [2.24, 2.45) is 5.92 Å². The second-order valence-corrected chi connectivity index (χ2v) is 5.22. The lowest BCUT2D eigenvalue weighted by Crippen LogP contribution is -1.99. The van der Waals surface area contributed by atoms with Gasteiger partial charge in [-0.3, -0.25) is 4.79 Å². The van der Waals surface area contributed by atoms with Gasteiger partial charge in [-0.15, -0.1) is 11.3 Å². The molecule has 1 nitrogen and oxygen atoms in total. The number of rotatable bonds is 4. The van der Waals surface area contributed by atoms with E-state index in [2.05, 4.69) is 29.8 Å². The van der Waals surface area contributed by atoms with Crippen molar-refractivity contribution in [3.05, 3.63) is 20.8 Å². The molecule has 1 aromatic heterocycles. The van der Waals surface area contributed by atoms with Gasteiger partial charge in [-0.05, 0) is 39.7 Å². The fourth-order valence-corrected chi connectivity index (χ4v) is 2.59. The second-order valence-electron chi connectivity index (χ2n) is 3.45.